The minimum absolute atomic E-state index is 0.596. The van der Waals surface area contributed by atoms with E-state index in [1.165, 1.54) is 5.56 Å². The summed E-state index contributed by atoms with van der Waals surface area (Å²) in [5.74, 6) is 1.24. The number of rotatable bonds is 5. The van der Waals surface area contributed by atoms with E-state index in [9.17, 15) is 0 Å². The lowest BCUT2D eigenvalue weighted by molar-refractivity contribution is 0.112. The van der Waals surface area contributed by atoms with Gasteiger partial charge in [0.15, 0.2) is 5.65 Å². The molecule has 4 aromatic rings. The van der Waals surface area contributed by atoms with Crippen LogP contribution >= 0.6 is 11.6 Å². The van der Waals surface area contributed by atoms with Gasteiger partial charge in [-0.15, -0.1) is 0 Å². The van der Waals surface area contributed by atoms with Crippen LogP contribution in [0.2, 0.25) is 5.02 Å². The molecule has 0 amide bonds. The molecule has 4 heterocycles. The van der Waals surface area contributed by atoms with Crippen LogP contribution in [0.5, 0.6) is 0 Å². The van der Waals surface area contributed by atoms with Crippen LogP contribution in [0.1, 0.15) is 17.1 Å². The number of aryl methyl sites for hydroxylation is 2. The van der Waals surface area contributed by atoms with Gasteiger partial charge in [0.25, 0.3) is 0 Å². The number of aromatic nitrogens is 5. The Morgan fingerprint density at radius 1 is 1.03 bits per heavy atom. The molecule has 0 spiro atoms. The highest BCUT2D eigenvalue weighted by Crippen LogP contribution is 2.20. The van der Waals surface area contributed by atoms with Gasteiger partial charge in [-0.2, -0.15) is 10.1 Å². The van der Waals surface area contributed by atoms with Crippen LogP contribution in [0.15, 0.2) is 41.1 Å². The highest BCUT2D eigenvalue weighted by atomic mass is 35.5. The quantitative estimate of drug-likeness (QED) is 0.474. The molecule has 8 nitrogen and oxygen atoms in total. The Kier molecular flexibility index (Phi) is 5.43. The Bertz CT molecular complexity index is 1190. The Morgan fingerprint density at radius 2 is 1.74 bits per heavy atom. The fourth-order valence-electron chi connectivity index (χ4n) is 4.03. The first-order valence-corrected chi connectivity index (χ1v) is 10.7. The zero-order chi connectivity index (χ0) is 21.4. The third kappa shape index (κ3) is 4.32. The van der Waals surface area contributed by atoms with Gasteiger partial charge < -0.3 is 4.52 Å². The van der Waals surface area contributed by atoms with E-state index in [2.05, 4.69) is 36.1 Å². The molecule has 0 saturated carbocycles. The maximum absolute atomic E-state index is 5.95. The monoisotopic (exact) mass is 437 g/mol. The van der Waals surface area contributed by atoms with Gasteiger partial charge in [-0.05, 0) is 42.8 Å². The number of halogens is 1. The van der Waals surface area contributed by atoms with E-state index in [4.69, 9.17) is 16.1 Å². The molecule has 1 saturated heterocycles. The van der Waals surface area contributed by atoms with Crippen LogP contribution in [-0.4, -0.2) is 60.9 Å². The minimum atomic E-state index is 0.596. The van der Waals surface area contributed by atoms with Crippen LogP contribution in [0.3, 0.4) is 0 Å². The highest BCUT2D eigenvalue weighted by Gasteiger charge is 2.20. The van der Waals surface area contributed by atoms with Crippen molar-refractivity contribution in [2.75, 3.05) is 26.2 Å². The van der Waals surface area contributed by atoms with Gasteiger partial charge in [0.05, 0.1) is 12.2 Å². The molecular weight excluding hydrogens is 414 g/mol. The summed E-state index contributed by atoms with van der Waals surface area (Å²) in [7, 11) is 1.93. The van der Waals surface area contributed by atoms with E-state index in [-0.39, 0.29) is 0 Å². The van der Waals surface area contributed by atoms with Gasteiger partial charge in [0.1, 0.15) is 0 Å². The molecule has 31 heavy (non-hydrogen) atoms. The molecule has 0 N–H and O–H groups in total. The van der Waals surface area contributed by atoms with Crippen LogP contribution in [0.4, 0.5) is 0 Å². The first-order chi connectivity index (χ1) is 15.0. The maximum Gasteiger partial charge on any atom is 0.241 e. The number of pyridine rings is 1. The second-order valence-corrected chi connectivity index (χ2v) is 8.43. The van der Waals surface area contributed by atoms with Gasteiger partial charge in [-0.25, -0.2) is 4.98 Å². The first-order valence-electron chi connectivity index (χ1n) is 10.4. The van der Waals surface area contributed by atoms with Crippen molar-refractivity contribution in [1.29, 1.82) is 0 Å². The number of hydrogen-bond donors (Lipinski definition) is 0. The maximum atomic E-state index is 5.95. The number of fused-ring (bicyclic) bond motifs is 1. The molecule has 1 fully saturated rings. The standard InChI is InChI=1S/C22H24ClN7O/c1-15-19-11-16(12-24-22(19)28(2)26-15)13-29-7-9-30(10-8-29)14-20-25-21(27-31-20)17-3-5-18(23)6-4-17/h3-6,11-12H,7-10,13-14H2,1-2H3. The average molecular weight is 438 g/mol. The first kappa shape index (κ1) is 20.1. The summed E-state index contributed by atoms with van der Waals surface area (Å²) < 4.78 is 7.30. The van der Waals surface area contributed by atoms with Crippen molar-refractivity contribution in [3.05, 3.63) is 58.7 Å². The lowest BCUT2D eigenvalue weighted by Crippen LogP contribution is -2.45. The zero-order valence-electron chi connectivity index (χ0n) is 17.6. The summed E-state index contributed by atoms with van der Waals surface area (Å²) in [5, 5.41) is 10.4. The molecule has 160 valence electrons. The van der Waals surface area contributed by atoms with Crippen LogP contribution < -0.4 is 0 Å². The van der Waals surface area contributed by atoms with Crippen molar-refractivity contribution in [2.45, 2.75) is 20.0 Å². The average Bonchev–Trinajstić information content (AvgIpc) is 3.34. The Balaban J connectivity index is 1.17. The topological polar surface area (TPSA) is 76.1 Å². The van der Waals surface area contributed by atoms with Crippen molar-refractivity contribution in [1.82, 2.24) is 34.7 Å². The van der Waals surface area contributed by atoms with E-state index < -0.39 is 0 Å². The summed E-state index contributed by atoms with van der Waals surface area (Å²) in [6, 6.07) is 9.67. The predicted molar refractivity (Wildman–Crippen MR) is 119 cm³/mol. The molecule has 1 aliphatic rings. The molecule has 0 unspecified atom stereocenters. The van der Waals surface area contributed by atoms with Gasteiger partial charge >= 0.3 is 0 Å². The smallest absolute Gasteiger partial charge is 0.241 e. The SMILES string of the molecule is Cc1nn(C)c2ncc(CN3CCN(Cc4nc(-c5ccc(Cl)cc5)no4)CC3)cc12. The molecule has 0 bridgehead atoms. The molecule has 1 aliphatic heterocycles. The van der Waals surface area contributed by atoms with Crippen LogP contribution in [-0.2, 0) is 20.1 Å². The number of piperazine rings is 1. The molecule has 0 atom stereocenters. The highest BCUT2D eigenvalue weighted by molar-refractivity contribution is 6.30. The second-order valence-electron chi connectivity index (χ2n) is 7.99. The molecule has 9 heteroatoms. The van der Waals surface area contributed by atoms with Crippen LogP contribution in [0, 0.1) is 6.92 Å². The largest absolute Gasteiger partial charge is 0.338 e. The molecule has 3 aromatic heterocycles. The Hall–Kier alpha value is -2.81. The molecule has 0 radical (unpaired) electrons. The van der Waals surface area contributed by atoms with Crippen molar-refractivity contribution < 1.29 is 4.52 Å². The van der Waals surface area contributed by atoms with Crippen LogP contribution in [0.25, 0.3) is 22.4 Å². The summed E-state index contributed by atoms with van der Waals surface area (Å²) in [6.45, 7) is 7.48. The van der Waals surface area contributed by atoms with E-state index in [0.717, 1.165) is 55.0 Å². The molecule has 5 rings (SSSR count). The number of nitrogens with zero attached hydrogens (tertiary/aromatic N) is 7. The van der Waals surface area contributed by atoms with Gasteiger partial charge in [-0.3, -0.25) is 14.5 Å². The molecule has 0 aliphatic carbocycles. The third-order valence-electron chi connectivity index (χ3n) is 5.72. The van der Waals surface area contributed by atoms with Gasteiger partial charge in [0, 0.05) is 61.9 Å². The fraction of sp³-hybridized carbons (Fsp3) is 0.364. The van der Waals surface area contributed by atoms with E-state index in [1.54, 1.807) is 0 Å². The third-order valence-corrected chi connectivity index (χ3v) is 5.97. The fourth-order valence-corrected chi connectivity index (χ4v) is 4.15. The summed E-state index contributed by atoms with van der Waals surface area (Å²) >= 11 is 5.95. The van der Waals surface area contributed by atoms with E-state index in [1.807, 2.05) is 49.1 Å². The summed E-state index contributed by atoms with van der Waals surface area (Å²) in [4.78, 5) is 13.9. The Labute approximate surface area is 185 Å². The van der Waals surface area contributed by atoms with Crippen molar-refractivity contribution in [3.63, 3.8) is 0 Å². The Morgan fingerprint density at radius 3 is 2.48 bits per heavy atom. The van der Waals surface area contributed by atoms with Crippen molar-refractivity contribution in [2.24, 2.45) is 7.05 Å². The summed E-state index contributed by atoms with van der Waals surface area (Å²) in [5.41, 5.74) is 4.08. The lowest BCUT2D eigenvalue weighted by atomic mass is 10.2. The second kappa shape index (κ2) is 8.37. The normalized spacial score (nSPS) is 15.7. The zero-order valence-corrected chi connectivity index (χ0v) is 18.4. The predicted octanol–water partition coefficient (Wildman–Crippen LogP) is 3.30. The summed E-state index contributed by atoms with van der Waals surface area (Å²) in [6.07, 6.45) is 1.96. The van der Waals surface area contributed by atoms with Crippen molar-refractivity contribution >= 4 is 22.6 Å². The van der Waals surface area contributed by atoms with E-state index >= 15 is 0 Å². The molecule has 1 aromatic carbocycles. The van der Waals surface area contributed by atoms with Crippen molar-refractivity contribution in [3.8, 4) is 11.4 Å². The lowest BCUT2D eigenvalue weighted by Gasteiger charge is -2.33. The van der Waals surface area contributed by atoms with Gasteiger partial charge in [0.2, 0.25) is 11.7 Å². The molecular formula is C22H24ClN7O. The van der Waals surface area contributed by atoms with E-state index in [0.29, 0.717) is 23.3 Å². The number of benzene rings is 1. The minimum Gasteiger partial charge on any atom is -0.338 e. The van der Waals surface area contributed by atoms with Gasteiger partial charge in [-0.1, -0.05) is 16.8 Å². The number of hydrogen-bond acceptors (Lipinski definition) is 7.